The second-order valence-electron chi connectivity index (χ2n) is 8.99. The lowest BCUT2D eigenvalue weighted by Crippen LogP contribution is -2.32. The number of nitrogens with one attached hydrogen (secondary N) is 1. The lowest BCUT2D eigenvalue weighted by Gasteiger charge is -2.29. The summed E-state index contributed by atoms with van der Waals surface area (Å²) in [5.41, 5.74) is 4.45. The fraction of sp³-hybridized carbons (Fsp3) is 0.179. The molecule has 37 heavy (non-hydrogen) atoms. The molecule has 5 aromatic rings. The first kappa shape index (κ1) is 23.0. The van der Waals surface area contributed by atoms with Gasteiger partial charge in [0.15, 0.2) is 17.0 Å². The van der Waals surface area contributed by atoms with Gasteiger partial charge in [-0.1, -0.05) is 54.6 Å². The SMILES string of the molecule is FC(F)(F)c1cccc(CNc2nc(N3CCc4ccccc4C3)nc3c2ncn3-c2ccccc2)c1. The molecule has 0 spiro atoms. The zero-order valence-corrected chi connectivity index (χ0v) is 19.8. The topological polar surface area (TPSA) is 58.9 Å². The van der Waals surface area contributed by atoms with Crippen LogP contribution in [0.4, 0.5) is 24.9 Å². The largest absolute Gasteiger partial charge is 0.416 e. The van der Waals surface area contributed by atoms with Gasteiger partial charge in [-0.2, -0.15) is 23.1 Å². The molecular formula is C28H23F3N6. The number of nitrogens with zero attached hydrogens (tertiary/aromatic N) is 5. The van der Waals surface area contributed by atoms with E-state index in [1.807, 2.05) is 47.0 Å². The third-order valence-electron chi connectivity index (χ3n) is 6.55. The van der Waals surface area contributed by atoms with Crippen molar-refractivity contribution in [2.45, 2.75) is 25.7 Å². The van der Waals surface area contributed by atoms with Gasteiger partial charge in [-0.05, 0) is 47.4 Å². The van der Waals surface area contributed by atoms with E-state index in [0.717, 1.165) is 30.8 Å². The monoisotopic (exact) mass is 500 g/mol. The second kappa shape index (κ2) is 9.24. The van der Waals surface area contributed by atoms with Crippen molar-refractivity contribution in [1.29, 1.82) is 0 Å². The molecule has 0 radical (unpaired) electrons. The van der Waals surface area contributed by atoms with Crippen molar-refractivity contribution in [3.63, 3.8) is 0 Å². The summed E-state index contributed by atoms with van der Waals surface area (Å²) in [6.07, 6.45) is -1.83. The number of halogens is 3. The summed E-state index contributed by atoms with van der Waals surface area (Å²) in [6, 6.07) is 23.4. The van der Waals surface area contributed by atoms with Crippen molar-refractivity contribution in [3.8, 4) is 5.69 Å². The fourth-order valence-corrected chi connectivity index (χ4v) is 4.64. The predicted molar refractivity (Wildman–Crippen MR) is 137 cm³/mol. The first-order valence-electron chi connectivity index (χ1n) is 12.0. The summed E-state index contributed by atoms with van der Waals surface area (Å²) in [7, 11) is 0. The Labute approximate surface area is 211 Å². The molecule has 3 aromatic carbocycles. The molecule has 0 saturated carbocycles. The number of hydrogen-bond donors (Lipinski definition) is 1. The Morgan fingerprint density at radius 3 is 2.46 bits per heavy atom. The summed E-state index contributed by atoms with van der Waals surface area (Å²) in [4.78, 5) is 16.4. The van der Waals surface area contributed by atoms with Crippen molar-refractivity contribution in [2.24, 2.45) is 0 Å². The standard InChI is InChI=1S/C28H23F3N6/c29-28(30,31)22-10-6-7-19(15-22)16-32-25-24-26(37(18-33-24)23-11-2-1-3-12-23)35-27(34-25)36-14-13-20-8-4-5-9-21(20)17-36/h1-12,15,18H,13-14,16-17H2,(H,32,34,35). The predicted octanol–water partition coefficient (Wildman–Crippen LogP) is 6.01. The lowest BCUT2D eigenvalue weighted by molar-refractivity contribution is -0.137. The molecule has 0 bridgehead atoms. The Hall–Kier alpha value is -4.40. The molecule has 0 aliphatic carbocycles. The van der Waals surface area contributed by atoms with Crippen LogP contribution in [0.3, 0.4) is 0 Å². The van der Waals surface area contributed by atoms with Gasteiger partial charge >= 0.3 is 6.18 Å². The maximum Gasteiger partial charge on any atom is 0.416 e. The summed E-state index contributed by atoms with van der Waals surface area (Å²) >= 11 is 0. The summed E-state index contributed by atoms with van der Waals surface area (Å²) in [5, 5.41) is 3.23. The van der Waals surface area contributed by atoms with Crippen LogP contribution in [0, 0.1) is 0 Å². The van der Waals surface area contributed by atoms with Crippen LogP contribution in [0.15, 0.2) is 85.2 Å². The summed E-state index contributed by atoms with van der Waals surface area (Å²) in [5.74, 6) is 1.03. The van der Waals surface area contributed by atoms with Crippen LogP contribution in [-0.4, -0.2) is 26.1 Å². The molecule has 9 heteroatoms. The Morgan fingerprint density at radius 1 is 0.865 bits per heavy atom. The van der Waals surface area contributed by atoms with Crippen molar-refractivity contribution >= 4 is 22.9 Å². The van der Waals surface area contributed by atoms with Crippen LogP contribution < -0.4 is 10.2 Å². The van der Waals surface area contributed by atoms with E-state index < -0.39 is 11.7 Å². The van der Waals surface area contributed by atoms with E-state index in [-0.39, 0.29) is 6.54 Å². The van der Waals surface area contributed by atoms with Gasteiger partial charge < -0.3 is 10.2 Å². The van der Waals surface area contributed by atoms with Crippen LogP contribution >= 0.6 is 0 Å². The molecule has 6 nitrogen and oxygen atoms in total. The van der Waals surface area contributed by atoms with Gasteiger partial charge in [-0.25, -0.2) is 4.98 Å². The minimum Gasteiger partial charge on any atom is -0.364 e. The smallest absolute Gasteiger partial charge is 0.364 e. The van der Waals surface area contributed by atoms with Crippen LogP contribution in [0.25, 0.3) is 16.9 Å². The third-order valence-corrected chi connectivity index (χ3v) is 6.55. The Balaban J connectivity index is 1.39. The van der Waals surface area contributed by atoms with Crippen molar-refractivity contribution in [1.82, 2.24) is 19.5 Å². The van der Waals surface area contributed by atoms with Crippen LogP contribution in [0.1, 0.15) is 22.3 Å². The number of benzene rings is 3. The number of alkyl halides is 3. The van der Waals surface area contributed by atoms with E-state index in [4.69, 9.17) is 9.97 Å². The molecule has 6 rings (SSSR count). The van der Waals surface area contributed by atoms with Gasteiger partial charge in [0.25, 0.3) is 0 Å². The van der Waals surface area contributed by atoms with E-state index in [1.165, 1.54) is 17.2 Å². The van der Waals surface area contributed by atoms with Gasteiger partial charge in [0.05, 0.1) is 5.56 Å². The molecule has 1 aliphatic heterocycles. The number of rotatable bonds is 5. The van der Waals surface area contributed by atoms with Crippen LogP contribution in [0.2, 0.25) is 0 Å². The van der Waals surface area contributed by atoms with Crippen molar-refractivity contribution < 1.29 is 13.2 Å². The summed E-state index contributed by atoms with van der Waals surface area (Å²) in [6.45, 7) is 1.60. The average Bonchev–Trinajstić information content (AvgIpc) is 3.36. The Morgan fingerprint density at radius 2 is 1.65 bits per heavy atom. The molecule has 3 heterocycles. The number of fused-ring (bicyclic) bond motifs is 2. The second-order valence-corrected chi connectivity index (χ2v) is 8.99. The van der Waals surface area contributed by atoms with E-state index >= 15 is 0 Å². The molecule has 1 N–H and O–H groups in total. The van der Waals surface area contributed by atoms with E-state index in [2.05, 4.69) is 27.3 Å². The van der Waals surface area contributed by atoms with Crippen LogP contribution in [-0.2, 0) is 25.7 Å². The highest BCUT2D eigenvalue weighted by molar-refractivity contribution is 5.85. The van der Waals surface area contributed by atoms with Gasteiger partial charge in [-0.15, -0.1) is 0 Å². The lowest BCUT2D eigenvalue weighted by atomic mass is 10.0. The van der Waals surface area contributed by atoms with Crippen molar-refractivity contribution in [2.75, 3.05) is 16.8 Å². The molecule has 0 saturated heterocycles. The molecule has 0 fully saturated rings. The minimum absolute atomic E-state index is 0.163. The van der Waals surface area contributed by atoms with E-state index in [9.17, 15) is 13.2 Å². The quantitative estimate of drug-likeness (QED) is 0.320. The van der Waals surface area contributed by atoms with E-state index in [1.54, 1.807) is 12.4 Å². The molecular weight excluding hydrogens is 477 g/mol. The van der Waals surface area contributed by atoms with Crippen molar-refractivity contribution in [3.05, 3.63) is 107 Å². The molecule has 0 atom stereocenters. The highest BCUT2D eigenvalue weighted by atomic mass is 19.4. The molecule has 0 amide bonds. The highest BCUT2D eigenvalue weighted by Gasteiger charge is 2.30. The Kier molecular flexibility index (Phi) is 5.75. The first-order valence-corrected chi connectivity index (χ1v) is 12.0. The molecule has 1 aliphatic rings. The first-order chi connectivity index (χ1) is 18.0. The molecule has 0 unspecified atom stereocenters. The zero-order valence-electron chi connectivity index (χ0n) is 19.8. The van der Waals surface area contributed by atoms with Gasteiger partial charge in [0, 0.05) is 25.3 Å². The fourth-order valence-electron chi connectivity index (χ4n) is 4.64. The van der Waals surface area contributed by atoms with E-state index in [0.29, 0.717) is 35.0 Å². The highest BCUT2D eigenvalue weighted by Crippen LogP contribution is 2.31. The molecule has 2 aromatic heterocycles. The summed E-state index contributed by atoms with van der Waals surface area (Å²) < 4.78 is 41.5. The van der Waals surface area contributed by atoms with Gasteiger partial charge in [-0.3, -0.25) is 4.57 Å². The van der Waals surface area contributed by atoms with Gasteiger partial charge in [0.2, 0.25) is 5.95 Å². The molecule has 186 valence electrons. The maximum absolute atomic E-state index is 13.2. The van der Waals surface area contributed by atoms with Gasteiger partial charge in [0.1, 0.15) is 6.33 Å². The average molecular weight is 501 g/mol. The third kappa shape index (κ3) is 4.60. The normalized spacial score (nSPS) is 13.5. The minimum atomic E-state index is -4.40. The van der Waals surface area contributed by atoms with Crippen LogP contribution in [0.5, 0.6) is 0 Å². The number of aromatic nitrogens is 4. The maximum atomic E-state index is 13.2. The Bertz CT molecular complexity index is 1560. The number of anilines is 2. The number of para-hydroxylation sites is 1. The number of hydrogen-bond acceptors (Lipinski definition) is 5. The number of imidazole rings is 1. The zero-order chi connectivity index (χ0) is 25.4.